The topological polar surface area (TPSA) is 61.4 Å². The van der Waals surface area contributed by atoms with Crippen LogP contribution in [0.4, 0.5) is 0 Å². The van der Waals surface area contributed by atoms with Crippen LogP contribution in [0.5, 0.6) is 0 Å². The summed E-state index contributed by atoms with van der Waals surface area (Å²) in [6, 6.07) is 6.96. The van der Waals surface area contributed by atoms with Crippen molar-refractivity contribution in [1.82, 2.24) is 14.9 Å². The minimum Gasteiger partial charge on any atom is -0.313 e. The molecule has 0 aliphatic rings. The Morgan fingerprint density at radius 2 is 1.79 bits per heavy atom. The molecule has 2 N–H and O–H groups in total. The van der Waals surface area contributed by atoms with Crippen LogP contribution >= 0.6 is 0 Å². The Labute approximate surface area is 116 Å². The molecule has 0 atom stereocenters. The number of nitrogens with zero attached hydrogens (tertiary/aromatic N) is 1. The Hall–Kier alpha value is -0.950. The van der Waals surface area contributed by atoms with E-state index in [1.807, 2.05) is 38.1 Å². The highest BCUT2D eigenvalue weighted by Gasteiger charge is 2.12. The fourth-order valence-corrected chi connectivity index (χ4v) is 2.56. The van der Waals surface area contributed by atoms with Crippen molar-refractivity contribution in [2.45, 2.75) is 18.4 Å². The summed E-state index contributed by atoms with van der Waals surface area (Å²) in [6.07, 6.45) is 0. The van der Waals surface area contributed by atoms with E-state index in [4.69, 9.17) is 0 Å². The van der Waals surface area contributed by atoms with Gasteiger partial charge in [-0.2, -0.15) is 0 Å². The summed E-state index contributed by atoms with van der Waals surface area (Å²) >= 11 is 0. The molecular weight excluding hydrogens is 262 g/mol. The van der Waals surface area contributed by atoms with Crippen LogP contribution in [-0.4, -0.2) is 47.0 Å². The van der Waals surface area contributed by atoms with E-state index in [0.717, 1.165) is 18.7 Å². The summed E-state index contributed by atoms with van der Waals surface area (Å²) in [6.45, 7) is 4.77. The Bertz CT molecular complexity index is 469. The van der Waals surface area contributed by atoms with Gasteiger partial charge >= 0.3 is 0 Å². The highest BCUT2D eigenvalue weighted by molar-refractivity contribution is 7.89. The average Bonchev–Trinajstić information content (AvgIpc) is 2.36. The Kier molecular flexibility index (Phi) is 6.44. The van der Waals surface area contributed by atoms with Gasteiger partial charge < -0.3 is 10.2 Å². The van der Waals surface area contributed by atoms with Crippen LogP contribution in [0.15, 0.2) is 29.2 Å². The lowest BCUT2D eigenvalue weighted by molar-refractivity contribution is 0.412. The van der Waals surface area contributed by atoms with Crippen LogP contribution in [0, 0.1) is 0 Å². The highest BCUT2D eigenvalue weighted by atomic mass is 32.2. The molecule has 0 fully saturated rings. The highest BCUT2D eigenvalue weighted by Crippen LogP contribution is 2.10. The third kappa shape index (κ3) is 5.69. The molecule has 0 bridgehead atoms. The number of hydrogen-bond donors (Lipinski definition) is 2. The van der Waals surface area contributed by atoms with Gasteiger partial charge in [0.2, 0.25) is 10.0 Å². The summed E-state index contributed by atoms with van der Waals surface area (Å²) in [7, 11) is 0.423. The average molecular weight is 285 g/mol. The minimum atomic E-state index is -3.39. The zero-order valence-corrected chi connectivity index (χ0v) is 12.6. The van der Waals surface area contributed by atoms with E-state index < -0.39 is 10.0 Å². The second-order valence-electron chi connectivity index (χ2n) is 4.63. The molecule has 6 heteroatoms. The summed E-state index contributed by atoms with van der Waals surface area (Å²) < 4.78 is 26.6. The number of nitrogens with one attached hydrogen (secondary N) is 2. The van der Waals surface area contributed by atoms with Crippen molar-refractivity contribution in [3.05, 3.63) is 29.8 Å². The molecule has 0 spiro atoms. The molecule has 0 heterocycles. The van der Waals surface area contributed by atoms with E-state index in [0.29, 0.717) is 18.0 Å². The molecule has 1 aromatic carbocycles. The van der Waals surface area contributed by atoms with Gasteiger partial charge in [-0.15, -0.1) is 0 Å². The lowest BCUT2D eigenvalue weighted by atomic mass is 10.2. The SMILES string of the molecule is CCNCc1ccc(S(=O)(=O)NCCN(C)C)cc1. The summed E-state index contributed by atoms with van der Waals surface area (Å²) in [5.41, 5.74) is 1.08. The monoisotopic (exact) mass is 285 g/mol. The number of likely N-dealkylation sites (N-methyl/N-ethyl adjacent to an activating group) is 1. The molecule has 0 saturated heterocycles. The van der Waals surface area contributed by atoms with Crippen LogP contribution in [0.1, 0.15) is 12.5 Å². The molecule has 5 nitrogen and oxygen atoms in total. The van der Waals surface area contributed by atoms with Gasteiger partial charge in [-0.3, -0.25) is 0 Å². The molecule has 0 amide bonds. The van der Waals surface area contributed by atoms with E-state index in [1.165, 1.54) is 0 Å². The van der Waals surface area contributed by atoms with Gasteiger partial charge in [-0.05, 0) is 38.3 Å². The zero-order chi connectivity index (χ0) is 14.3. The maximum atomic E-state index is 12.0. The number of sulfonamides is 1. The fraction of sp³-hybridized carbons (Fsp3) is 0.538. The predicted octanol–water partition coefficient (Wildman–Crippen LogP) is 0.636. The van der Waals surface area contributed by atoms with Crippen LogP contribution in [0.25, 0.3) is 0 Å². The minimum absolute atomic E-state index is 0.312. The van der Waals surface area contributed by atoms with Crippen LogP contribution in [-0.2, 0) is 16.6 Å². The largest absolute Gasteiger partial charge is 0.313 e. The lowest BCUT2D eigenvalue weighted by Gasteiger charge is -2.11. The summed E-state index contributed by atoms with van der Waals surface area (Å²) in [5.74, 6) is 0. The molecule has 0 saturated carbocycles. The van der Waals surface area contributed by atoms with E-state index >= 15 is 0 Å². The first-order valence-corrected chi connectivity index (χ1v) is 7.88. The second kappa shape index (κ2) is 7.59. The molecule has 108 valence electrons. The van der Waals surface area contributed by atoms with Gasteiger partial charge in [0.15, 0.2) is 0 Å². The first-order chi connectivity index (χ1) is 8.95. The fourth-order valence-electron chi connectivity index (χ4n) is 1.54. The predicted molar refractivity (Wildman–Crippen MR) is 77.6 cm³/mol. The van der Waals surface area contributed by atoms with Gasteiger partial charge in [0, 0.05) is 19.6 Å². The van der Waals surface area contributed by atoms with Crippen molar-refractivity contribution >= 4 is 10.0 Å². The molecule has 0 unspecified atom stereocenters. The Morgan fingerprint density at radius 3 is 2.32 bits per heavy atom. The van der Waals surface area contributed by atoms with Gasteiger partial charge in [-0.1, -0.05) is 19.1 Å². The first kappa shape index (κ1) is 16.1. The van der Waals surface area contributed by atoms with E-state index in [-0.39, 0.29) is 0 Å². The molecular formula is C13H23N3O2S. The maximum Gasteiger partial charge on any atom is 0.240 e. The van der Waals surface area contributed by atoms with Gasteiger partial charge in [0.05, 0.1) is 4.90 Å². The molecule has 0 aliphatic heterocycles. The van der Waals surface area contributed by atoms with Crippen molar-refractivity contribution in [3.8, 4) is 0 Å². The van der Waals surface area contributed by atoms with Crippen LogP contribution in [0.3, 0.4) is 0 Å². The smallest absolute Gasteiger partial charge is 0.240 e. The van der Waals surface area contributed by atoms with Crippen molar-refractivity contribution in [2.75, 3.05) is 33.7 Å². The quantitative estimate of drug-likeness (QED) is 0.736. The Morgan fingerprint density at radius 1 is 1.16 bits per heavy atom. The third-order valence-corrected chi connectivity index (χ3v) is 4.14. The van der Waals surface area contributed by atoms with Gasteiger partial charge in [0.25, 0.3) is 0 Å². The molecule has 1 rings (SSSR count). The van der Waals surface area contributed by atoms with Gasteiger partial charge in [-0.25, -0.2) is 13.1 Å². The van der Waals surface area contributed by atoms with Crippen LogP contribution in [0.2, 0.25) is 0 Å². The standard InChI is InChI=1S/C13H23N3O2S/c1-4-14-11-12-5-7-13(8-6-12)19(17,18)15-9-10-16(2)3/h5-8,14-15H,4,9-11H2,1-3H3. The van der Waals surface area contributed by atoms with E-state index in [9.17, 15) is 8.42 Å². The van der Waals surface area contributed by atoms with Crippen molar-refractivity contribution in [2.24, 2.45) is 0 Å². The summed E-state index contributed by atoms with van der Waals surface area (Å²) in [5, 5.41) is 3.20. The van der Waals surface area contributed by atoms with Crippen molar-refractivity contribution in [1.29, 1.82) is 0 Å². The number of hydrogen-bond acceptors (Lipinski definition) is 4. The molecule has 19 heavy (non-hydrogen) atoms. The molecule has 0 aliphatic carbocycles. The Balaban J connectivity index is 2.63. The summed E-state index contributed by atoms with van der Waals surface area (Å²) in [4.78, 5) is 2.24. The van der Waals surface area contributed by atoms with Gasteiger partial charge in [0.1, 0.15) is 0 Å². The van der Waals surface area contributed by atoms with Crippen molar-refractivity contribution in [3.63, 3.8) is 0 Å². The molecule has 0 aromatic heterocycles. The van der Waals surface area contributed by atoms with Crippen molar-refractivity contribution < 1.29 is 8.42 Å². The first-order valence-electron chi connectivity index (χ1n) is 6.39. The van der Waals surface area contributed by atoms with E-state index in [2.05, 4.69) is 10.0 Å². The number of benzene rings is 1. The van der Waals surface area contributed by atoms with E-state index in [1.54, 1.807) is 12.1 Å². The normalized spacial score (nSPS) is 12.0. The van der Waals surface area contributed by atoms with Crippen LogP contribution < -0.4 is 10.0 Å². The number of rotatable bonds is 8. The zero-order valence-electron chi connectivity index (χ0n) is 11.8. The molecule has 1 aromatic rings. The maximum absolute atomic E-state index is 12.0. The molecule has 0 radical (unpaired) electrons. The second-order valence-corrected chi connectivity index (χ2v) is 6.39. The lowest BCUT2D eigenvalue weighted by Crippen LogP contribution is -2.31. The third-order valence-electron chi connectivity index (χ3n) is 2.66.